The van der Waals surface area contributed by atoms with Gasteiger partial charge >= 0.3 is 0 Å². The maximum atomic E-state index is 13.7. The van der Waals surface area contributed by atoms with Gasteiger partial charge in [-0.2, -0.15) is 0 Å². The first-order valence-electron chi connectivity index (χ1n) is 11.6. The first-order chi connectivity index (χ1) is 16.0. The lowest BCUT2D eigenvalue weighted by Crippen LogP contribution is -2.32. The fraction of sp³-hybridized carbons (Fsp3) is 0.423. The average Bonchev–Trinajstić information content (AvgIpc) is 3.17. The third-order valence-corrected chi connectivity index (χ3v) is 6.27. The predicted octanol–water partition coefficient (Wildman–Crippen LogP) is 4.32. The molecule has 4 rings (SSSR count). The van der Waals surface area contributed by atoms with Crippen LogP contribution in [-0.4, -0.2) is 34.4 Å². The van der Waals surface area contributed by atoms with Gasteiger partial charge < -0.3 is 14.8 Å². The molecule has 0 saturated carbocycles. The summed E-state index contributed by atoms with van der Waals surface area (Å²) in [5.41, 5.74) is 5.26. The summed E-state index contributed by atoms with van der Waals surface area (Å²) < 4.78 is 13.0. The summed E-state index contributed by atoms with van der Waals surface area (Å²) in [6.45, 7) is 9.02. The number of nitrogens with one attached hydrogen (secondary N) is 1. The van der Waals surface area contributed by atoms with E-state index in [0.717, 1.165) is 23.4 Å². The van der Waals surface area contributed by atoms with Gasteiger partial charge in [0.05, 0.1) is 30.6 Å². The quantitative estimate of drug-likeness (QED) is 0.553. The molecule has 0 aliphatic heterocycles. The first-order valence-corrected chi connectivity index (χ1v) is 11.6. The highest BCUT2D eigenvalue weighted by Crippen LogP contribution is 2.36. The number of aromatic nitrogens is 3. The molecule has 2 aromatic heterocycles. The molecule has 7 nitrogen and oxygen atoms in total. The number of aryl methyl sites for hydroxylation is 2. The van der Waals surface area contributed by atoms with Crippen LogP contribution in [0.3, 0.4) is 0 Å². The van der Waals surface area contributed by atoms with Gasteiger partial charge in [0.1, 0.15) is 11.5 Å². The van der Waals surface area contributed by atoms with E-state index in [9.17, 15) is 4.79 Å². The number of ether oxygens (including phenoxy) is 2. The summed E-state index contributed by atoms with van der Waals surface area (Å²) >= 11 is 0. The van der Waals surface area contributed by atoms with Gasteiger partial charge in [-0.25, -0.2) is 9.97 Å². The predicted molar refractivity (Wildman–Crippen MR) is 130 cm³/mol. The summed E-state index contributed by atoms with van der Waals surface area (Å²) in [6.07, 6.45) is 1.43. The minimum atomic E-state index is -0.0958. The summed E-state index contributed by atoms with van der Waals surface area (Å²) in [6, 6.07) is 12.0. The van der Waals surface area contributed by atoms with Gasteiger partial charge in [0.25, 0.3) is 5.56 Å². The highest BCUT2D eigenvalue weighted by molar-refractivity contribution is 5.62. The van der Waals surface area contributed by atoms with Gasteiger partial charge in [-0.3, -0.25) is 9.36 Å². The van der Waals surface area contributed by atoms with E-state index in [1.165, 1.54) is 11.1 Å². The highest BCUT2D eigenvalue weighted by atomic mass is 16.5. The number of rotatable bonds is 8. The van der Waals surface area contributed by atoms with E-state index in [0.29, 0.717) is 37.0 Å². The molecule has 33 heavy (non-hydrogen) atoms. The van der Waals surface area contributed by atoms with Crippen LogP contribution in [-0.2, 0) is 24.1 Å². The molecule has 0 saturated heterocycles. The van der Waals surface area contributed by atoms with Crippen LogP contribution in [0.5, 0.6) is 5.88 Å². The minimum absolute atomic E-state index is 0.0284. The van der Waals surface area contributed by atoms with Crippen molar-refractivity contribution >= 4 is 5.69 Å². The Hall–Kier alpha value is -3.19. The fourth-order valence-corrected chi connectivity index (χ4v) is 4.64. The lowest BCUT2D eigenvalue weighted by molar-refractivity contribution is 0.0574. The molecule has 2 heterocycles. The average molecular weight is 449 g/mol. The van der Waals surface area contributed by atoms with E-state index in [2.05, 4.69) is 22.4 Å². The fourth-order valence-electron chi connectivity index (χ4n) is 4.64. The highest BCUT2D eigenvalue weighted by Gasteiger charge is 2.34. The molecule has 2 unspecified atom stereocenters. The molecule has 0 amide bonds. The topological polar surface area (TPSA) is 78.3 Å². The monoisotopic (exact) mass is 448 g/mol. The van der Waals surface area contributed by atoms with E-state index < -0.39 is 0 Å². The maximum Gasteiger partial charge on any atom is 0.277 e. The Morgan fingerprint density at radius 3 is 2.58 bits per heavy atom. The van der Waals surface area contributed by atoms with Gasteiger partial charge in [-0.05, 0) is 44.4 Å². The molecule has 0 spiro atoms. The van der Waals surface area contributed by atoms with E-state index in [1.54, 1.807) is 17.7 Å². The Morgan fingerprint density at radius 2 is 1.91 bits per heavy atom. The Kier molecular flexibility index (Phi) is 6.79. The second-order valence-electron chi connectivity index (χ2n) is 8.17. The normalized spacial score (nSPS) is 17.1. The van der Waals surface area contributed by atoms with Gasteiger partial charge in [0, 0.05) is 31.2 Å². The van der Waals surface area contributed by atoms with Crippen LogP contribution < -0.4 is 15.6 Å². The van der Waals surface area contributed by atoms with Gasteiger partial charge in [0.15, 0.2) is 0 Å². The number of fused-ring (bicyclic) bond motifs is 1. The van der Waals surface area contributed by atoms with E-state index in [-0.39, 0.29) is 17.7 Å². The second-order valence-corrected chi connectivity index (χ2v) is 8.17. The van der Waals surface area contributed by atoms with Crippen LogP contribution in [0.25, 0.3) is 11.4 Å². The zero-order valence-corrected chi connectivity index (χ0v) is 20.0. The molecule has 7 heteroatoms. The molecule has 0 radical (unpaired) electrons. The Morgan fingerprint density at radius 1 is 1.12 bits per heavy atom. The number of pyridine rings is 1. The number of anilines is 1. The molecule has 174 valence electrons. The number of hydrogen-bond acceptors (Lipinski definition) is 6. The van der Waals surface area contributed by atoms with Crippen molar-refractivity contribution in [2.45, 2.75) is 59.2 Å². The van der Waals surface area contributed by atoms with Crippen molar-refractivity contribution in [3.05, 3.63) is 69.3 Å². The van der Waals surface area contributed by atoms with E-state index in [1.807, 2.05) is 45.9 Å². The molecule has 2 atom stereocenters. The van der Waals surface area contributed by atoms with Crippen LogP contribution in [0, 0.1) is 6.92 Å². The molecule has 3 aromatic rings. The maximum absolute atomic E-state index is 13.7. The molecule has 1 aliphatic rings. The Balaban J connectivity index is 1.81. The first kappa shape index (κ1) is 23.0. The van der Waals surface area contributed by atoms with Crippen molar-refractivity contribution in [3.63, 3.8) is 0 Å². The van der Waals surface area contributed by atoms with Crippen molar-refractivity contribution in [1.82, 2.24) is 14.5 Å². The minimum Gasteiger partial charge on any atom is -0.481 e. The van der Waals surface area contributed by atoms with Crippen molar-refractivity contribution < 1.29 is 9.47 Å². The lowest BCUT2D eigenvalue weighted by atomic mass is 10.1. The summed E-state index contributed by atoms with van der Waals surface area (Å²) in [5, 5.41) is 3.55. The standard InChI is InChI=1S/C26H32N4O3/c1-6-20-24(29-23-19-12-10-9-11-17(19)15-21(23)33-8-3)26(31)30(7-2)25(28-20)18-13-14-22(32-5)27-16(18)4/h9-14,21,23,29H,6-8,15H2,1-5H3. The number of benzene rings is 1. The largest absolute Gasteiger partial charge is 0.481 e. The molecule has 0 fully saturated rings. The SMILES string of the molecule is CCOC1Cc2ccccc2C1Nc1c(CC)nc(-c2ccc(OC)nc2C)n(CC)c1=O. The zero-order chi connectivity index (χ0) is 23.5. The summed E-state index contributed by atoms with van der Waals surface area (Å²) in [7, 11) is 1.59. The van der Waals surface area contributed by atoms with Crippen LogP contribution in [0.1, 0.15) is 49.3 Å². The van der Waals surface area contributed by atoms with E-state index in [4.69, 9.17) is 14.5 Å². The summed E-state index contributed by atoms with van der Waals surface area (Å²) in [5.74, 6) is 1.17. The van der Waals surface area contributed by atoms with Gasteiger partial charge in [-0.15, -0.1) is 0 Å². The molecule has 1 aliphatic carbocycles. The van der Waals surface area contributed by atoms with Crippen molar-refractivity contribution in [3.8, 4) is 17.3 Å². The Bertz CT molecular complexity index is 1200. The molecular weight excluding hydrogens is 416 g/mol. The number of nitrogens with zero attached hydrogens (tertiary/aromatic N) is 3. The molecule has 1 N–H and O–H groups in total. The molecule has 0 bridgehead atoms. The zero-order valence-electron chi connectivity index (χ0n) is 20.0. The van der Waals surface area contributed by atoms with Crippen LogP contribution >= 0.6 is 0 Å². The van der Waals surface area contributed by atoms with Crippen molar-refractivity contribution in [2.24, 2.45) is 0 Å². The van der Waals surface area contributed by atoms with E-state index >= 15 is 0 Å². The van der Waals surface area contributed by atoms with Crippen LogP contribution in [0.4, 0.5) is 5.69 Å². The van der Waals surface area contributed by atoms with Crippen LogP contribution in [0.2, 0.25) is 0 Å². The number of hydrogen-bond donors (Lipinski definition) is 1. The van der Waals surface area contributed by atoms with Gasteiger partial charge in [-0.1, -0.05) is 31.2 Å². The Labute approximate surface area is 194 Å². The van der Waals surface area contributed by atoms with Crippen molar-refractivity contribution in [1.29, 1.82) is 0 Å². The summed E-state index contributed by atoms with van der Waals surface area (Å²) in [4.78, 5) is 23.2. The third kappa shape index (κ3) is 4.25. The smallest absolute Gasteiger partial charge is 0.277 e. The molecular formula is C26H32N4O3. The second kappa shape index (κ2) is 9.75. The van der Waals surface area contributed by atoms with Gasteiger partial charge in [0.2, 0.25) is 5.88 Å². The van der Waals surface area contributed by atoms with Crippen LogP contribution in [0.15, 0.2) is 41.2 Å². The third-order valence-electron chi connectivity index (χ3n) is 6.27. The lowest BCUT2D eigenvalue weighted by Gasteiger charge is -2.25. The number of methoxy groups -OCH3 is 1. The molecule has 1 aromatic carbocycles. The van der Waals surface area contributed by atoms with Crippen molar-refractivity contribution in [2.75, 3.05) is 19.0 Å².